The average Bonchev–Trinajstić information content (AvgIpc) is 3.51. The molecule has 0 N–H and O–H groups in total. The van der Waals surface area contributed by atoms with Crippen molar-refractivity contribution in [1.29, 1.82) is 0 Å². The van der Waals surface area contributed by atoms with Crippen LogP contribution in [0.2, 0.25) is 0 Å². The summed E-state index contributed by atoms with van der Waals surface area (Å²) in [6.45, 7) is 0. The molecule has 9 aromatic rings. The van der Waals surface area contributed by atoms with Gasteiger partial charge in [-0.05, 0) is 6.07 Å². The van der Waals surface area contributed by atoms with E-state index in [9.17, 15) is 0 Å². The van der Waals surface area contributed by atoms with Gasteiger partial charge in [0.2, 0.25) is 0 Å². The molecule has 9 rings (SSSR count). The van der Waals surface area contributed by atoms with Crippen molar-refractivity contribution < 1.29 is 0 Å². The Kier molecular flexibility index (Phi) is 6.11. The molecule has 3 heterocycles. The van der Waals surface area contributed by atoms with E-state index in [4.69, 9.17) is 4.98 Å². The Hall–Kier alpha value is -4.85. The van der Waals surface area contributed by atoms with Gasteiger partial charge in [-0.2, -0.15) is 0 Å². The first-order valence-electron chi connectivity index (χ1n) is 15.0. The molecule has 45 heavy (non-hydrogen) atoms. The first-order chi connectivity index (χ1) is 22.2. The summed E-state index contributed by atoms with van der Waals surface area (Å²) in [5, 5.41) is 9.97. The second-order valence-corrected chi connectivity index (χ2v) is 17.6. The normalized spacial score (nSPS) is 12.1. The van der Waals surface area contributed by atoms with Crippen LogP contribution in [-0.4, -0.2) is 29.5 Å². The van der Waals surface area contributed by atoms with Crippen LogP contribution in [-0.2, 0) is 0 Å². The van der Waals surface area contributed by atoms with Crippen molar-refractivity contribution in [2.75, 3.05) is 0 Å². The molecule has 212 valence electrons. The minimum absolute atomic E-state index is 0.953. The summed E-state index contributed by atoms with van der Waals surface area (Å²) in [6.07, 6.45) is 1.85. The zero-order chi connectivity index (χ0) is 30.0. The van der Waals surface area contributed by atoms with Crippen molar-refractivity contribution in [3.8, 4) is 11.3 Å². The van der Waals surface area contributed by atoms with E-state index in [1.807, 2.05) is 18.3 Å². The van der Waals surface area contributed by atoms with Gasteiger partial charge in [-0.1, -0.05) is 0 Å². The molecule has 0 aliphatic carbocycles. The minimum atomic E-state index is -2.06. The van der Waals surface area contributed by atoms with E-state index >= 15 is 0 Å². The fraction of sp³-hybridized carbons (Fsp3) is 0. The third kappa shape index (κ3) is 4.07. The molecule has 0 amide bonds. The standard InChI is InChI=1S/C40H26N3PSe/c45-44(29-12-3-1-4-13-29,30-14-5-2-6-15-30)31-20-23-37-34(26-31)33-21-18-27-11-7-8-16-32(27)39(33)40-42-36-22-19-28(25-38(36)43(37)40)35-17-9-10-24-41-35/h1-26H. The van der Waals surface area contributed by atoms with Gasteiger partial charge in [0, 0.05) is 0 Å². The Morgan fingerprint density at radius 3 is 2.02 bits per heavy atom. The topological polar surface area (TPSA) is 30.2 Å². The molecule has 0 bridgehead atoms. The molecule has 3 nitrogen and oxygen atoms in total. The summed E-state index contributed by atoms with van der Waals surface area (Å²) in [5.41, 5.74) is 4.15. The van der Waals surface area contributed by atoms with Crippen molar-refractivity contribution in [3.05, 3.63) is 158 Å². The Labute approximate surface area is 268 Å². The number of hydrogen-bond acceptors (Lipinski definition) is 2. The number of rotatable bonds is 4. The van der Waals surface area contributed by atoms with Gasteiger partial charge in [0.05, 0.1) is 0 Å². The van der Waals surface area contributed by atoms with Gasteiger partial charge < -0.3 is 0 Å². The number of pyridine rings is 2. The predicted octanol–water partition coefficient (Wildman–Crippen LogP) is 8.39. The summed E-state index contributed by atoms with van der Waals surface area (Å²) in [7, 11) is 0. The van der Waals surface area contributed by atoms with E-state index in [2.05, 4.69) is 164 Å². The molecule has 0 saturated heterocycles. The second kappa shape index (κ2) is 10.4. The fourth-order valence-electron chi connectivity index (χ4n) is 6.77. The van der Waals surface area contributed by atoms with Crippen LogP contribution in [0.4, 0.5) is 0 Å². The van der Waals surface area contributed by atoms with Gasteiger partial charge in [-0.25, -0.2) is 0 Å². The summed E-state index contributed by atoms with van der Waals surface area (Å²) in [4.78, 5) is 9.93. The average molecular weight is 659 g/mol. The summed E-state index contributed by atoms with van der Waals surface area (Å²) >= 11 is 3.75. The van der Waals surface area contributed by atoms with Crippen molar-refractivity contribution >= 4 is 85.6 Å². The molecular formula is C40H26N3PSe. The number of imidazole rings is 1. The molecule has 0 radical (unpaired) electrons. The zero-order valence-corrected chi connectivity index (χ0v) is 26.8. The van der Waals surface area contributed by atoms with Crippen molar-refractivity contribution in [2.24, 2.45) is 0 Å². The van der Waals surface area contributed by atoms with Crippen LogP contribution in [0.5, 0.6) is 0 Å². The predicted molar refractivity (Wildman–Crippen MR) is 193 cm³/mol. The molecule has 6 aromatic carbocycles. The van der Waals surface area contributed by atoms with Crippen LogP contribution in [0.3, 0.4) is 0 Å². The van der Waals surface area contributed by atoms with E-state index < -0.39 is 5.51 Å². The van der Waals surface area contributed by atoms with Crippen LogP contribution < -0.4 is 15.9 Å². The van der Waals surface area contributed by atoms with E-state index in [0.717, 1.165) is 33.5 Å². The summed E-state index contributed by atoms with van der Waals surface area (Å²) < 4.78 is 2.36. The maximum absolute atomic E-state index is 5.29. The number of fused-ring (bicyclic) bond motifs is 10. The SMILES string of the molecule is [Se]=P(c1ccccc1)(c1ccccc1)c1ccc2c(c1)c1ccc3ccccc3c1c1nc3ccc(-c4ccccn4)cc3n21. The summed E-state index contributed by atoms with van der Waals surface area (Å²) in [6, 6.07) is 54.6. The zero-order valence-electron chi connectivity index (χ0n) is 24.2. The molecule has 0 spiro atoms. The second-order valence-electron chi connectivity index (χ2n) is 11.4. The van der Waals surface area contributed by atoms with Gasteiger partial charge >= 0.3 is 263 Å². The third-order valence-electron chi connectivity index (χ3n) is 8.88. The van der Waals surface area contributed by atoms with Gasteiger partial charge in [0.1, 0.15) is 0 Å². The van der Waals surface area contributed by atoms with E-state index in [0.29, 0.717) is 0 Å². The third-order valence-corrected chi connectivity index (χ3v) is 15.9. The van der Waals surface area contributed by atoms with Crippen molar-refractivity contribution in [2.45, 2.75) is 0 Å². The monoisotopic (exact) mass is 659 g/mol. The fourth-order valence-corrected chi connectivity index (χ4v) is 11.7. The van der Waals surface area contributed by atoms with Crippen molar-refractivity contribution in [1.82, 2.24) is 14.4 Å². The molecular weight excluding hydrogens is 632 g/mol. The quantitative estimate of drug-likeness (QED) is 0.108. The Bertz CT molecular complexity index is 2570. The molecule has 0 atom stereocenters. The Morgan fingerprint density at radius 2 is 1.27 bits per heavy atom. The van der Waals surface area contributed by atoms with Crippen LogP contribution in [0, 0.1) is 0 Å². The number of benzene rings is 6. The van der Waals surface area contributed by atoms with Crippen LogP contribution in [0.15, 0.2) is 158 Å². The van der Waals surface area contributed by atoms with Crippen molar-refractivity contribution in [3.63, 3.8) is 0 Å². The van der Waals surface area contributed by atoms with E-state index in [1.54, 1.807) is 0 Å². The van der Waals surface area contributed by atoms with Gasteiger partial charge in [0.15, 0.2) is 0 Å². The number of nitrogens with zero attached hydrogens (tertiary/aromatic N) is 3. The van der Waals surface area contributed by atoms with Gasteiger partial charge in [-0.3, -0.25) is 0 Å². The van der Waals surface area contributed by atoms with Gasteiger partial charge in [0.25, 0.3) is 0 Å². The first-order valence-corrected chi connectivity index (χ1v) is 19.0. The molecule has 0 unspecified atom stereocenters. The molecule has 0 aliphatic heterocycles. The molecule has 5 heteroatoms. The van der Waals surface area contributed by atoms with Crippen LogP contribution in [0.25, 0.3) is 60.4 Å². The molecule has 0 aliphatic rings. The van der Waals surface area contributed by atoms with Crippen LogP contribution in [0.1, 0.15) is 0 Å². The number of hydrogen-bond donors (Lipinski definition) is 0. The molecule has 3 aromatic heterocycles. The molecule has 0 fully saturated rings. The van der Waals surface area contributed by atoms with Crippen LogP contribution >= 0.6 is 5.51 Å². The van der Waals surface area contributed by atoms with E-state index in [1.165, 1.54) is 42.8 Å². The van der Waals surface area contributed by atoms with E-state index in [-0.39, 0.29) is 0 Å². The number of aromatic nitrogens is 3. The Balaban J connectivity index is 1.44. The van der Waals surface area contributed by atoms with Gasteiger partial charge in [-0.15, -0.1) is 0 Å². The molecule has 0 saturated carbocycles. The maximum atomic E-state index is 5.29. The summed E-state index contributed by atoms with van der Waals surface area (Å²) in [5.74, 6) is 0. The Morgan fingerprint density at radius 1 is 0.533 bits per heavy atom. The first kappa shape index (κ1) is 26.5.